The van der Waals surface area contributed by atoms with E-state index in [1.807, 2.05) is 47.3 Å². The number of carbonyl (C=O) groups is 1. The van der Waals surface area contributed by atoms with Crippen LogP contribution in [0.3, 0.4) is 0 Å². The molecule has 0 saturated carbocycles. The molecule has 1 aliphatic heterocycles. The summed E-state index contributed by atoms with van der Waals surface area (Å²) in [6.07, 6.45) is 5.91. The highest BCUT2D eigenvalue weighted by Crippen LogP contribution is 2.17. The normalized spacial score (nSPS) is 15.5. The molecule has 0 radical (unpaired) electrons. The van der Waals surface area contributed by atoms with Crippen molar-refractivity contribution in [1.29, 1.82) is 0 Å². The van der Waals surface area contributed by atoms with Crippen LogP contribution >= 0.6 is 0 Å². The summed E-state index contributed by atoms with van der Waals surface area (Å²) in [4.78, 5) is 12.0. The number of nitrogens with zero attached hydrogens (tertiary/aromatic N) is 2. The Kier molecular flexibility index (Phi) is 5.42. The molecule has 0 bridgehead atoms. The highest BCUT2D eigenvalue weighted by molar-refractivity contribution is 5.75. The van der Waals surface area contributed by atoms with Gasteiger partial charge in [0.15, 0.2) is 0 Å². The van der Waals surface area contributed by atoms with Crippen molar-refractivity contribution < 1.29 is 4.79 Å². The van der Waals surface area contributed by atoms with Crippen LogP contribution in [0, 0.1) is 5.92 Å². The molecule has 2 N–H and O–H groups in total. The number of benzene rings is 1. The Hall–Kier alpha value is -2.14. The van der Waals surface area contributed by atoms with Crippen LogP contribution < -0.4 is 10.6 Å². The third kappa shape index (κ3) is 4.66. The standard InChI is InChI=1S/C18H24N4O/c23-18(7-6-15-8-11-19-12-9-15)20-14-16-10-13-22(21-16)17-4-2-1-3-5-17/h1-5,10,13,15,19H,6-9,11-12,14H2,(H,20,23). The van der Waals surface area contributed by atoms with Gasteiger partial charge in [-0.25, -0.2) is 4.68 Å². The minimum atomic E-state index is 0.123. The molecule has 122 valence electrons. The van der Waals surface area contributed by atoms with Gasteiger partial charge in [-0.15, -0.1) is 0 Å². The van der Waals surface area contributed by atoms with Crippen LogP contribution in [0.25, 0.3) is 5.69 Å². The van der Waals surface area contributed by atoms with Gasteiger partial charge in [0, 0.05) is 12.6 Å². The predicted octanol–water partition coefficient (Wildman–Crippen LogP) is 2.27. The molecule has 1 saturated heterocycles. The Morgan fingerprint density at radius 3 is 2.78 bits per heavy atom. The number of piperidine rings is 1. The van der Waals surface area contributed by atoms with Gasteiger partial charge < -0.3 is 10.6 Å². The molecule has 2 heterocycles. The third-order valence-corrected chi connectivity index (χ3v) is 4.37. The number of rotatable bonds is 6. The lowest BCUT2D eigenvalue weighted by Crippen LogP contribution is -2.29. The Morgan fingerprint density at radius 2 is 2.00 bits per heavy atom. The topological polar surface area (TPSA) is 59.0 Å². The zero-order valence-corrected chi connectivity index (χ0v) is 13.4. The van der Waals surface area contributed by atoms with Crippen LogP contribution in [-0.2, 0) is 11.3 Å². The second-order valence-corrected chi connectivity index (χ2v) is 6.10. The first kappa shape index (κ1) is 15.7. The van der Waals surface area contributed by atoms with E-state index >= 15 is 0 Å². The van der Waals surface area contributed by atoms with Crippen molar-refractivity contribution in [3.05, 3.63) is 48.3 Å². The van der Waals surface area contributed by atoms with Gasteiger partial charge in [-0.2, -0.15) is 5.10 Å². The monoisotopic (exact) mass is 312 g/mol. The number of hydrogen-bond acceptors (Lipinski definition) is 3. The number of nitrogens with one attached hydrogen (secondary N) is 2. The smallest absolute Gasteiger partial charge is 0.220 e. The summed E-state index contributed by atoms with van der Waals surface area (Å²) in [5.74, 6) is 0.817. The van der Waals surface area contributed by atoms with E-state index in [1.165, 1.54) is 12.8 Å². The van der Waals surface area contributed by atoms with Gasteiger partial charge in [0.05, 0.1) is 17.9 Å². The molecule has 1 amide bonds. The lowest BCUT2D eigenvalue weighted by atomic mass is 9.93. The molecule has 1 aliphatic rings. The van der Waals surface area contributed by atoms with Crippen LogP contribution in [0.4, 0.5) is 0 Å². The molecule has 5 heteroatoms. The maximum Gasteiger partial charge on any atom is 0.220 e. The van der Waals surface area contributed by atoms with Gasteiger partial charge in [-0.05, 0) is 56.5 Å². The fourth-order valence-corrected chi connectivity index (χ4v) is 2.96. The Bertz CT molecular complexity index is 617. The van der Waals surface area contributed by atoms with Crippen molar-refractivity contribution in [3.8, 4) is 5.69 Å². The van der Waals surface area contributed by atoms with Gasteiger partial charge in [0.25, 0.3) is 0 Å². The zero-order chi connectivity index (χ0) is 15.9. The maximum atomic E-state index is 12.0. The fraction of sp³-hybridized carbons (Fsp3) is 0.444. The van der Waals surface area contributed by atoms with Gasteiger partial charge in [-0.3, -0.25) is 4.79 Å². The predicted molar refractivity (Wildman–Crippen MR) is 90.2 cm³/mol. The van der Waals surface area contributed by atoms with Crippen molar-refractivity contribution in [3.63, 3.8) is 0 Å². The van der Waals surface area contributed by atoms with Crippen molar-refractivity contribution in [1.82, 2.24) is 20.4 Å². The molecule has 0 unspecified atom stereocenters. The van der Waals surface area contributed by atoms with Crippen molar-refractivity contribution >= 4 is 5.91 Å². The van der Waals surface area contributed by atoms with Gasteiger partial charge in [0.2, 0.25) is 5.91 Å². The van der Waals surface area contributed by atoms with E-state index in [0.29, 0.717) is 18.9 Å². The van der Waals surface area contributed by atoms with Crippen molar-refractivity contribution in [2.24, 2.45) is 5.92 Å². The minimum Gasteiger partial charge on any atom is -0.350 e. The molecule has 1 aromatic heterocycles. The second kappa shape index (κ2) is 7.92. The Morgan fingerprint density at radius 1 is 1.22 bits per heavy atom. The lowest BCUT2D eigenvalue weighted by molar-refractivity contribution is -0.121. The Labute approximate surface area is 137 Å². The van der Waals surface area contributed by atoms with E-state index in [4.69, 9.17) is 0 Å². The van der Waals surface area contributed by atoms with Gasteiger partial charge in [0.1, 0.15) is 0 Å². The summed E-state index contributed by atoms with van der Waals surface area (Å²) < 4.78 is 1.83. The Balaban J connectivity index is 1.43. The number of aromatic nitrogens is 2. The largest absolute Gasteiger partial charge is 0.350 e. The van der Waals surface area contributed by atoms with Crippen LogP contribution in [-0.4, -0.2) is 28.8 Å². The number of amides is 1. The molecule has 0 aliphatic carbocycles. The quantitative estimate of drug-likeness (QED) is 0.860. The molecule has 1 fully saturated rings. The summed E-state index contributed by atoms with van der Waals surface area (Å²) in [7, 11) is 0. The van der Waals surface area contributed by atoms with E-state index in [0.717, 1.165) is 30.9 Å². The first-order chi connectivity index (χ1) is 11.3. The van der Waals surface area contributed by atoms with E-state index in [2.05, 4.69) is 15.7 Å². The number of para-hydroxylation sites is 1. The molecule has 0 atom stereocenters. The lowest BCUT2D eigenvalue weighted by Gasteiger charge is -2.22. The first-order valence-electron chi connectivity index (χ1n) is 8.38. The molecule has 2 aromatic rings. The van der Waals surface area contributed by atoms with Crippen LogP contribution in [0.1, 0.15) is 31.4 Å². The third-order valence-electron chi connectivity index (χ3n) is 4.37. The molecule has 5 nitrogen and oxygen atoms in total. The van der Waals surface area contributed by atoms with Crippen LogP contribution in [0.5, 0.6) is 0 Å². The molecule has 23 heavy (non-hydrogen) atoms. The molecular formula is C18H24N4O. The highest BCUT2D eigenvalue weighted by Gasteiger charge is 2.14. The van der Waals surface area contributed by atoms with Crippen molar-refractivity contribution in [2.75, 3.05) is 13.1 Å². The molecule has 1 aromatic carbocycles. The van der Waals surface area contributed by atoms with Crippen LogP contribution in [0.2, 0.25) is 0 Å². The van der Waals surface area contributed by atoms with Gasteiger partial charge in [-0.1, -0.05) is 18.2 Å². The van der Waals surface area contributed by atoms with E-state index in [1.54, 1.807) is 0 Å². The average Bonchev–Trinajstić information content (AvgIpc) is 3.09. The van der Waals surface area contributed by atoms with Crippen LogP contribution in [0.15, 0.2) is 42.6 Å². The SMILES string of the molecule is O=C(CCC1CCNCC1)NCc1ccn(-c2ccccc2)n1. The molecule has 0 spiro atoms. The zero-order valence-electron chi connectivity index (χ0n) is 13.4. The summed E-state index contributed by atoms with van der Waals surface area (Å²) in [6, 6.07) is 11.9. The summed E-state index contributed by atoms with van der Waals surface area (Å²) in [5.41, 5.74) is 1.90. The molecular weight excluding hydrogens is 288 g/mol. The maximum absolute atomic E-state index is 12.0. The highest BCUT2D eigenvalue weighted by atomic mass is 16.1. The van der Waals surface area contributed by atoms with E-state index in [9.17, 15) is 4.79 Å². The summed E-state index contributed by atoms with van der Waals surface area (Å²) in [6.45, 7) is 2.66. The minimum absolute atomic E-state index is 0.123. The fourth-order valence-electron chi connectivity index (χ4n) is 2.96. The average molecular weight is 312 g/mol. The second-order valence-electron chi connectivity index (χ2n) is 6.10. The number of carbonyl (C=O) groups excluding carboxylic acids is 1. The molecule has 3 rings (SSSR count). The number of hydrogen-bond donors (Lipinski definition) is 2. The summed E-state index contributed by atoms with van der Waals surface area (Å²) in [5, 5.41) is 10.8. The van der Waals surface area contributed by atoms with E-state index in [-0.39, 0.29) is 5.91 Å². The van der Waals surface area contributed by atoms with Crippen molar-refractivity contribution in [2.45, 2.75) is 32.2 Å². The summed E-state index contributed by atoms with van der Waals surface area (Å²) >= 11 is 0. The van der Waals surface area contributed by atoms with E-state index < -0.39 is 0 Å². The van der Waals surface area contributed by atoms with Gasteiger partial charge >= 0.3 is 0 Å². The first-order valence-corrected chi connectivity index (χ1v) is 8.38.